The summed E-state index contributed by atoms with van der Waals surface area (Å²) in [6.07, 6.45) is 2.34. The molecule has 2 amide bonds. The van der Waals surface area contributed by atoms with Gasteiger partial charge in [0, 0.05) is 18.7 Å². The fraction of sp³-hybridized carbons (Fsp3) is 0.588. The first-order chi connectivity index (χ1) is 10.9. The molecule has 1 saturated heterocycles. The Balaban J connectivity index is 2.03. The summed E-state index contributed by atoms with van der Waals surface area (Å²) in [7, 11) is 3.83. The first-order valence-electron chi connectivity index (χ1n) is 8.09. The Labute approximate surface area is 136 Å². The Morgan fingerprint density at radius 3 is 2.65 bits per heavy atom. The van der Waals surface area contributed by atoms with Gasteiger partial charge in [0.15, 0.2) is 11.6 Å². The van der Waals surface area contributed by atoms with Crippen molar-refractivity contribution in [2.24, 2.45) is 0 Å². The highest BCUT2D eigenvalue weighted by atomic mass is 19.2. The molecule has 1 aromatic carbocycles. The van der Waals surface area contributed by atoms with Crippen LogP contribution < -0.4 is 5.32 Å². The van der Waals surface area contributed by atoms with Gasteiger partial charge in [-0.2, -0.15) is 0 Å². The Kier molecular flexibility index (Phi) is 5.93. The highest BCUT2D eigenvalue weighted by molar-refractivity contribution is 5.74. The number of hydrogen-bond acceptors (Lipinski definition) is 2. The van der Waals surface area contributed by atoms with Gasteiger partial charge >= 0.3 is 6.03 Å². The van der Waals surface area contributed by atoms with Crippen LogP contribution in [0.5, 0.6) is 0 Å². The minimum atomic E-state index is -0.890. The maximum absolute atomic E-state index is 13.9. The highest BCUT2D eigenvalue weighted by Crippen LogP contribution is 2.23. The molecule has 0 saturated carbocycles. The fourth-order valence-electron chi connectivity index (χ4n) is 2.99. The SMILES string of the molecule is CCC(NC(=O)N(C)C1CCN(C)CC1)c1cccc(F)c1F. The van der Waals surface area contributed by atoms with Crippen molar-refractivity contribution in [1.82, 2.24) is 15.1 Å². The van der Waals surface area contributed by atoms with Crippen molar-refractivity contribution in [3.05, 3.63) is 35.4 Å². The second-order valence-electron chi connectivity index (χ2n) is 6.20. The monoisotopic (exact) mass is 325 g/mol. The second kappa shape index (κ2) is 7.73. The van der Waals surface area contributed by atoms with Gasteiger partial charge in [-0.05, 0) is 45.5 Å². The number of carbonyl (C=O) groups excluding carboxylic acids is 1. The van der Waals surface area contributed by atoms with E-state index >= 15 is 0 Å². The summed E-state index contributed by atoms with van der Waals surface area (Å²) < 4.78 is 27.3. The van der Waals surface area contributed by atoms with Crippen LogP contribution in [-0.2, 0) is 0 Å². The number of hydrogen-bond donors (Lipinski definition) is 1. The van der Waals surface area contributed by atoms with E-state index in [9.17, 15) is 13.6 Å². The summed E-state index contributed by atoms with van der Waals surface area (Å²) in [5.74, 6) is -1.78. The third-order valence-electron chi connectivity index (χ3n) is 4.62. The lowest BCUT2D eigenvalue weighted by atomic mass is 10.0. The number of piperidine rings is 1. The van der Waals surface area contributed by atoms with Gasteiger partial charge in [0.2, 0.25) is 0 Å². The van der Waals surface area contributed by atoms with E-state index < -0.39 is 17.7 Å². The van der Waals surface area contributed by atoms with E-state index in [2.05, 4.69) is 17.3 Å². The Morgan fingerprint density at radius 1 is 1.39 bits per heavy atom. The van der Waals surface area contributed by atoms with Gasteiger partial charge in [0.05, 0.1) is 6.04 Å². The van der Waals surface area contributed by atoms with Gasteiger partial charge < -0.3 is 15.1 Å². The minimum absolute atomic E-state index is 0.182. The van der Waals surface area contributed by atoms with Crippen molar-refractivity contribution in [2.75, 3.05) is 27.2 Å². The fourth-order valence-corrected chi connectivity index (χ4v) is 2.99. The molecule has 1 unspecified atom stereocenters. The number of urea groups is 1. The molecule has 23 heavy (non-hydrogen) atoms. The smallest absolute Gasteiger partial charge is 0.317 e. The van der Waals surface area contributed by atoms with E-state index in [-0.39, 0.29) is 17.6 Å². The molecule has 1 aromatic rings. The van der Waals surface area contributed by atoms with Crippen LogP contribution in [0.3, 0.4) is 0 Å². The molecule has 1 atom stereocenters. The van der Waals surface area contributed by atoms with Crippen molar-refractivity contribution in [3.63, 3.8) is 0 Å². The molecule has 1 heterocycles. The number of nitrogens with one attached hydrogen (secondary N) is 1. The quantitative estimate of drug-likeness (QED) is 0.923. The van der Waals surface area contributed by atoms with Crippen molar-refractivity contribution in [2.45, 2.75) is 38.3 Å². The molecule has 0 spiro atoms. The number of benzene rings is 1. The Bertz CT molecular complexity index is 545. The summed E-state index contributed by atoms with van der Waals surface area (Å²) in [4.78, 5) is 16.4. The second-order valence-corrected chi connectivity index (χ2v) is 6.20. The van der Waals surface area contributed by atoms with Gasteiger partial charge in [0.1, 0.15) is 0 Å². The topological polar surface area (TPSA) is 35.6 Å². The van der Waals surface area contributed by atoms with E-state index in [1.54, 1.807) is 11.9 Å². The van der Waals surface area contributed by atoms with Gasteiger partial charge in [-0.3, -0.25) is 0 Å². The molecule has 0 aromatic heterocycles. The van der Waals surface area contributed by atoms with Crippen LogP contribution in [-0.4, -0.2) is 49.1 Å². The molecule has 2 rings (SSSR count). The molecule has 1 aliphatic heterocycles. The van der Waals surface area contributed by atoms with Crippen molar-refractivity contribution in [1.29, 1.82) is 0 Å². The third-order valence-corrected chi connectivity index (χ3v) is 4.62. The number of amides is 2. The molecule has 128 valence electrons. The van der Waals surface area contributed by atoms with Crippen molar-refractivity contribution < 1.29 is 13.6 Å². The number of nitrogens with zero attached hydrogens (tertiary/aromatic N) is 2. The van der Waals surface area contributed by atoms with E-state index in [1.807, 2.05) is 6.92 Å². The first-order valence-corrected chi connectivity index (χ1v) is 8.09. The normalized spacial score (nSPS) is 17.8. The molecular weight excluding hydrogens is 300 g/mol. The largest absolute Gasteiger partial charge is 0.331 e. The molecule has 1 N–H and O–H groups in total. The predicted octanol–water partition coefficient (Wildman–Crippen LogP) is 3.15. The molecule has 1 fully saturated rings. The lowest BCUT2D eigenvalue weighted by Gasteiger charge is -2.35. The van der Waals surface area contributed by atoms with Gasteiger partial charge in [0.25, 0.3) is 0 Å². The molecule has 6 heteroatoms. The zero-order valence-corrected chi connectivity index (χ0v) is 14.0. The number of likely N-dealkylation sites (tertiary alicyclic amines) is 1. The Morgan fingerprint density at radius 2 is 2.04 bits per heavy atom. The number of halogens is 2. The van der Waals surface area contributed by atoms with Crippen LogP contribution in [0, 0.1) is 11.6 Å². The highest BCUT2D eigenvalue weighted by Gasteiger charge is 2.26. The maximum atomic E-state index is 13.9. The molecule has 0 bridgehead atoms. The molecule has 4 nitrogen and oxygen atoms in total. The van der Waals surface area contributed by atoms with E-state index in [0.717, 1.165) is 32.0 Å². The minimum Gasteiger partial charge on any atom is -0.331 e. The van der Waals surface area contributed by atoms with E-state index in [0.29, 0.717) is 6.42 Å². The summed E-state index contributed by atoms with van der Waals surface area (Å²) in [5.41, 5.74) is 0.192. The third kappa shape index (κ3) is 4.19. The van der Waals surface area contributed by atoms with Crippen LogP contribution in [0.1, 0.15) is 37.8 Å². The van der Waals surface area contributed by atoms with Gasteiger partial charge in [-0.1, -0.05) is 19.1 Å². The number of carbonyl (C=O) groups is 1. The Hall–Kier alpha value is -1.69. The first kappa shape index (κ1) is 17.7. The summed E-state index contributed by atoms with van der Waals surface area (Å²) in [5, 5.41) is 2.83. The average Bonchev–Trinajstić information content (AvgIpc) is 2.55. The van der Waals surface area contributed by atoms with Gasteiger partial charge in [-0.15, -0.1) is 0 Å². The standard InChI is InChI=1S/C17H25F2N3O/c1-4-15(13-6-5-7-14(18)16(13)19)20-17(23)22(3)12-8-10-21(2)11-9-12/h5-7,12,15H,4,8-11H2,1-3H3,(H,20,23). The maximum Gasteiger partial charge on any atom is 0.317 e. The molecule has 0 radical (unpaired) electrons. The zero-order chi connectivity index (χ0) is 17.0. The molecule has 1 aliphatic rings. The van der Waals surface area contributed by atoms with Crippen LogP contribution in [0.15, 0.2) is 18.2 Å². The van der Waals surface area contributed by atoms with Crippen LogP contribution in [0.4, 0.5) is 13.6 Å². The average molecular weight is 325 g/mol. The van der Waals surface area contributed by atoms with Gasteiger partial charge in [-0.25, -0.2) is 13.6 Å². The van der Waals surface area contributed by atoms with E-state index in [1.165, 1.54) is 12.1 Å². The predicted molar refractivity (Wildman–Crippen MR) is 86.2 cm³/mol. The van der Waals surface area contributed by atoms with E-state index in [4.69, 9.17) is 0 Å². The number of rotatable bonds is 4. The van der Waals surface area contributed by atoms with Crippen LogP contribution >= 0.6 is 0 Å². The summed E-state index contributed by atoms with van der Waals surface area (Å²) in [6, 6.07) is 3.46. The van der Waals surface area contributed by atoms with Crippen LogP contribution in [0.2, 0.25) is 0 Å². The lowest BCUT2D eigenvalue weighted by molar-refractivity contribution is 0.145. The van der Waals surface area contributed by atoms with Crippen molar-refractivity contribution >= 4 is 6.03 Å². The molecular formula is C17H25F2N3O. The van der Waals surface area contributed by atoms with Crippen LogP contribution in [0.25, 0.3) is 0 Å². The molecule has 0 aliphatic carbocycles. The van der Waals surface area contributed by atoms with Crippen molar-refractivity contribution in [3.8, 4) is 0 Å². The summed E-state index contributed by atoms with van der Waals surface area (Å²) >= 11 is 0. The zero-order valence-electron chi connectivity index (χ0n) is 14.0. The lowest BCUT2D eigenvalue weighted by Crippen LogP contribution is -2.48. The summed E-state index contributed by atoms with van der Waals surface area (Å²) in [6.45, 7) is 3.75.